The summed E-state index contributed by atoms with van der Waals surface area (Å²) in [4.78, 5) is 0. The van der Waals surface area contributed by atoms with E-state index in [0.29, 0.717) is 6.04 Å². The molecular formula is C17H25BrFN. The molecule has 0 saturated heterocycles. The van der Waals surface area contributed by atoms with Gasteiger partial charge in [-0.1, -0.05) is 42.6 Å². The molecule has 1 saturated carbocycles. The van der Waals surface area contributed by atoms with Crippen LogP contribution >= 0.6 is 15.9 Å². The molecule has 1 fully saturated rings. The van der Waals surface area contributed by atoms with E-state index in [9.17, 15) is 4.39 Å². The number of rotatable bonds is 5. The topological polar surface area (TPSA) is 12.0 Å². The molecule has 2 rings (SSSR count). The molecule has 1 aliphatic rings. The van der Waals surface area contributed by atoms with E-state index in [-0.39, 0.29) is 5.82 Å². The summed E-state index contributed by atoms with van der Waals surface area (Å²) in [7, 11) is 0. The second-order valence-corrected chi connectivity index (χ2v) is 7.08. The van der Waals surface area contributed by atoms with Crippen molar-refractivity contribution >= 4 is 15.9 Å². The van der Waals surface area contributed by atoms with Crippen LogP contribution in [0.15, 0.2) is 22.7 Å². The molecule has 0 radical (unpaired) electrons. The van der Waals surface area contributed by atoms with Crippen LogP contribution in [0.1, 0.15) is 45.1 Å². The van der Waals surface area contributed by atoms with E-state index in [2.05, 4.69) is 35.1 Å². The van der Waals surface area contributed by atoms with Crippen molar-refractivity contribution in [2.75, 3.05) is 6.54 Å². The fourth-order valence-corrected chi connectivity index (χ4v) is 3.85. The number of likely N-dealkylation sites (N-methyl/N-ethyl adjacent to an activating group) is 1. The minimum atomic E-state index is -0.151. The molecule has 0 heterocycles. The molecule has 112 valence electrons. The fraction of sp³-hybridized carbons (Fsp3) is 0.647. The van der Waals surface area contributed by atoms with Crippen molar-refractivity contribution in [1.29, 1.82) is 0 Å². The van der Waals surface area contributed by atoms with Crippen LogP contribution in [0.2, 0.25) is 0 Å². The minimum Gasteiger partial charge on any atom is -0.314 e. The quantitative estimate of drug-likeness (QED) is 0.800. The second kappa shape index (κ2) is 7.56. The summed E-state index contributed by atoms with van der Waals surface area (Å²) in [6.07, 6.45) is 6.19. The van der Waals surface area contributed by atoms with Crippen LogP contribution in [0.5, 0.6) is 0 Å². The van der Waals surface area contributed by atoms with E-state index >= 15 is 0 Å². The molecule has 0 amide bonds. The number of hydrogen-bond donors (Lipinski definition) is 1. The molecule has 1 N–H and O–H groups in total. The van der Waals surface area contributed by atoms with Crippen LogP contribution in [0.4, 0.5) is 4.39 Å². The number of halogens is 2. The fourth-order valence-electron chi connectivity index (χ4n) is 3.34. The van der Waals surface area contributed by atoms with Crippen LogP contribution in [0.3, 0.4) is 0 Å². The second-order valence-electron chi connectivity index (χ2n) is 6.17. The third-order valence-electron chi connectivity index (χ3n) is 4.47. The Morgan fingerprint density at radius 3 is 2.55 bits per heavy atom. The van der Waals surface area contributed by atoms with Gasteiger partial charge in [0.25, 0.3) is 0 Å². The van der Waals surface area contributed by atoms with Crippen molar-refractivity contribution in [2.24, 2.45) is 11.8 Å². The van der Waals surface area contributed by atoms with Crippen LogP contribution in [-0.4, -0.2) is 12.6 Å². The van der Waals surface area contributed by atoms with Crippen molar-refractivity contribution in [3.63, 3.8) is 0 Å². The van der Waals surface area contributed by atoms with Crippen LogP contribution in [0, 0.1) is 17.7 Å². The monoisotopic (exact) mass is 341 g/mol. The molecule has 3 heteroatoms. The lowest BCUT2D eigenvalue weighted by Crippen LogP contribution is -2.39. The predicted molar refractivity (Wildman–Crippen MR) is 86.4 cm³/mol. The summed E-state index contributed by atoms with van der Waals surface area (Å²) >= 11 is 3.39. The van der Waals surface area contributed by atoms with E-state index in [0.717, 1.165) is 34.8 Å². The van der Waals surface area contributed by atoms with Crippen molar-refractivity contribution in [3.05, 3.63) is 34.1 Å². The molecule has 1 aromatic carbocycles. The highest BCUT2D eigenvalue weighted by molar-refractivity contribution is 9.10. The highest BCUT2D eigenvalue weighted by Gasteiger charge is 2.25. The summed E-state index contributed by atoms with van der Waals surface area (Å²) < 4.78 is 14.3. The third-order valence-corrected chi connectivity index (χ3v) is 4.93. The zero-order valence-corrected chi connectivity index (χ0v) is 14.0. The van der Waals surface area contributed by atoms with Gasteiger partial charge in [-0.05, 0) is 61.4 Å². The van der Waals surface area contributed by atoms with Crippen LogP contribution in [0.25, 0.3) is 0 Å². The lowest BCUT2D eigenvalue weighted by molar-refractivity contribution is 0.230. The first-order valence-electron chi connectivity index (χ1n) is 7.76. The molecule has 0 aliphatic heterocycles. The van der Waals surface area contributed by atoms with Gasteiger partial charge in [0.05, 0.1) is 0 Å². The molecular weight excluding hydrogens is 317 g/mol. The summed E-state index contributed by atoms with van der Waals surface area (Å²) in [6.45, 7) is 5.48. The van der Waals surface area contributed by atoms with Gasteiger partial charge in [-0.25, -0.2) is 4.39 Å². The van der Waals surface area contributed by atoms with Crippen molar-refractivity contribution in [1.82, 2.24) is 5.32 Å². The van der Waals surface area contributed by atoms with Gasteiger partial charge in [0.15, 0.2) is 0 Å². The smallest absolute Gasteiger partial charge is 0.124 e. The maximum Gasteiger partial charge on any atom is 0.124 e. The molecule has 1 atom stereocenters. The minimum absolute atomic E-state index is 0.151. The van der Waals surface area contributed by atoms with Gasteiger partial charge in [-0.15, -0.1) is 0 Å². The summed E-state index contributed by atoms with van der Waals surface area (Å²) in [6, 6.07) is 5.70. The van der Waals surface area contributed by atoms with Gasteiger partial charge in [0, 0.05) is 10.5 Å². The molecule has 1 aromatic rings. The number of benzene rings is 1. The maximum atomic E-state index is 13.5. The van der Waals surface area contributed by atoms with Gasteiger partial charge < -0.3 is 5.32 Å². The highest BCUT2D eigenvalue weighted by atomic mass is 79.9. The van der Waals surface area contributed by atoms with Crippen LogP contribution < -0.4 is 5.32 Å². The lowest BCUT2D eigenvalue weighted by atomic mass is 9.77. The van der Waals surface area contributed by atoms with Crippen molar-refractivity contribution < 1.29 is 4.39 Å². The average molecular weight is 342 g/mol. The standard InChI is InChI=1S/C17H25BrFN/c1-3-20-17(14-6-4-12(2)5-7-14)10-13-8-15(18)11-16(19)9-13/h8-9,11-12,14,17,20H,3-7,10H2,1-2H3. The van der Waals surface area contributed by atoms with E-state index in [1.165, 1.54) is 31.7 Å². The van der Waals surface area contributed by atoms with Gasteiger partial charge in [0.1, 0.15) is 5.82 Å². The Labute approximate surface area is 130 Å². The van der Waals surface area contributed by atoms with Crippen molar-refractivity contribution in [2.45, 2.75) is 52.0 Å². The first-order chi connectivity index (χ1) is 9.58. The summed E-state index contributed by atoms with van der Waals surface area (Å²) in [5.74, 6) is 1.45. The van der Waals surface area contributed by atoms with Crippen molar-refractivity contribution in [3.8, 4) is 0 Å². The SMILES string of the molecule is CCNC(Cc1cc(F)cc(Br)c1)C1CCC(C)CC1. The molecule has 20 heavy (non-hydrogen) atoms. The summed E-state index contributed by atoms with van der Waals surface area (Å²) in [5.41, 5.74) is 1.08. The molecule has 0 bridgehead atoms. The first kappa shape index (κ1) is 16.0. The maximum absolute atomic E-state index is 13.5. The van der Waals surface area contributed by atoms with Gasteiger partial charge >= 0.3 is 0 Å². The first-order valence-corrected chi connectivity index (χ1v) is 8.56. The number of hydrogen-bond acceptors (Lipinski definition) is 1. The Bertz CT molecular complexity index is 407. The molecule has 0 aromatic heterocycles. The van der Waals surface area contributed by atoms with Gasteiger partial charge in [-0.2, -0.15) is 0 Å². The summed E-state index contributed by atoms with van der Waals surface area (Å²) in [5, 5.41) is 3.62. The normalized spacial score (nSPS) is 24.6. The van der Waals surface area contributed by atoms with Crippen LogP contribution in [-0.2, 0) is 6.42 Å². The zero-order chi connectivity index (χ0) is 14.5. The Balaban J connectivity index is 2.04. The van der Waals surface area contributed by atoms with Gasteiger partial charge in [-0.3, -0.25) is 0 Å². The Morgan fingerprint density at radius 2 is 1.95 bits per heavy atom. The molecule has 1 aliphatic carbocycles. The Hall–Kier alpha value is -0.410. The highest BCUT2D eigenvalue weighted by Crippen LogP contribution is 2.32. The largest absolute Gasteiger partial charge is 0.314 e. The third kappa shape index (κ3) is 4.56. The predicted octanol–water partition coefficient (Wildman–Crippen LogP) is 4.94. The molecule has 1 unspecified atom stereocenters. The molecule has 1 nitrogen and oxygen atoms in total. The van der Waals surface area contributed by atoms with E-state index in [1.54, 1.807) is 6.07 Å². The van der Waals surface area contributed by atoms with Gasteiger partial charge in [0.2, 0.25) is 0 Å². The molecule has 0 spiro atoms. The van der Waals surface area contributed by atoms with E-state index in [4.69, 9.17) is 0 Å². The zero-order valence-electron chi connectivity index (χ0n) is 12.5. The van der Waals surface area contributed by atoms with E-state index < -0.39 is 0 Å². The Kier molecular flexibility index (Phi) is 6.03. The lowest BCUT2D eigenvalue weighted by Gasteiger charge is -2.33. The number of nitrogens with one attached hydrogen (secondary N) is 1. The van der Waals surface area contributed by atoms with E-state index in [1.807, 2.05) is 6.07 Å². The average Bonchev–Trinajstić information content (AvgIpc) is 2.38. The Morgan fingerprint density at radius 1 is 1.25 bits per heavy atom.